The molecule has 1 atom stereocenters. The average molecular weight is 338 g/mol. The molecule has 6 heteroatoms. The first kappa shape index (κ1) is 16.4. The van der Waals surface area contributed by atoms with Gasteiger partial charge in [-0.2, -0.15) is 0 Å². The van der Waals surface area contributed by atoms with E-state index < -0.39 is 0 Å². The van der Waals surface area contributed by atoms with E-state index in [1.165, 1.54) is 6.42 Å². The van der Waals surface area contributed by atoms with Crippen molar-refractivity contribution >= 4 is 17.6 Å². The third-order valence-electron chi connectivity index (χ3n) is 4.81. The zero-order chi connectivity index (χ0) is 16.3. The second-order valence-electron chi connectivity index (χ2n) is 6.33. The van der Waals surface area contributed by atoms with Gasteiger partial charge in [-0.3, -0.25) is 4.99 Å². The molecule has 0 amide bonds. The van der Waals surface area contributed by atoms with Gasteiger partial charge in [0, 0.05) is 49.3 Å². The number of hydrogen-bond donors (Lipinski definition) is 1. The normalized spacial score (nSPS) is 24.5. The van der Waals surface area contributed by atoms with Crippen molar-refractivity contribution < 1.29 is 9.47 Å². The Morgan fingerprint density at radius 1 is 1.48 bits per heavy atom. The third kappa shape index (κ3) is 3.56. The Labute approximate surface area is 142 Å². The lowest BCUT2D eigenvalue weighted by Crippen LogP contribution is -2.41. The fourth-order valence-corrected chi connectivity index (χ4v) is 3.67. The molecule has 126 valence electrons. The Kier molecular flexibility index (Phi) is 4.97. The molecule has 0 aromatic heterocycles. The molecule has 1 spiro atoms. The van der Waals surface area contributed by atoms with Gasteiger partial charge in [0.05, 0.1) is 13.7 Å². The SMILES string of the molecule is CN=C(NCc1cc(Cl)ccc1OC)N1CCC2(CCOC2)C1. The van der Waals surface area contributed by atoms with E-state index in [0.717, 1.165) is 50.0 Å². The Morgan fingerprint density at radius 3 is 3.04 bits per heavy atom. The van der Waals surface area contributed by atoms with E-state index in [1.807, 2.05) is 25.2 Å². The molecule has 0 saturated carbocycles. The molecular formula is C17H24ClN3O2. The molecule has 1 N–H and O–H groups in total. The summed E-state index contributed by atoms with van der Waals surface area (Å²) in [6, 6.07) is 5.66. The van der Waals surface area contributed by atoms with Crippen LogP contribution < -0.4 is 10.1 Å². The molecule has 2 aliphatic heterocycles. The van der Waals surface area contributed by atoms with E-state index in [-0.39, 0.29) is 0 Å². The Morgan fingerprint density at radius 2 is 2.35 bits per heavy atom. The van der Waals surface area contributed by atoms with Crippen LogP contribution in [0.5, 0.6) is 5.75 Å². The Hall–Kier alpha value is -1.46. The van der Waals surface area contributed by atoms with E-state index in [1.54, 1.807) is 7.11 Å². The lowest BCUT2D eigenvalue weighted by atomic mass is 9.87. The highest BCUT2D eigenvalue weighted by Crippen LogP contribution is 2.38. The van der Waals surface area contributed by atoms with Crippen LogP contribution in [0.25, 0.3) is 0 Å². The lowest BCUT2D eigenvalue weighted by Gasteiger charge is -2.25. The summed E-state index contributed by atoms with van der Waals surface area (Å²) in [5.74, 6) is 1.76. The van der Waals surface area contributed by atoms with Crippen molar-refractivity contribution in [3.05, 3.63) is 28.8 Å². The van der Waals surface area contributed by atoms with Crippen molar-refractivity contribution in [3.63, 3.8) is 0 Å². The van der Waals surface area contributed by atoms with Gasteiger partial charge in [-0.25, -0.2) is 0 Å². The smallest absolute Gasteiger partial charge is 0.193 e. The molecule has 0 radical (unpaired) electrons. The van der Waals surface area contributed by atoms with E-state index in [2.05, 4.69) is 15.2 Å². The second-order valence-corrected chi connectivity index (χ2v) is 6.77. The molecule has 1 unspecified atom stereocenters. The van der Waals surface area contributed by atoms with E-state index in [9.17, 15) is 0 Å². The fourth-order valence-electron chi connectivity index (χ4n) is 3.48. The molecule has 2 aliphatic rings. The van der Waals surface area contributed by atoms with Gasteiger partial charge >= 0.3 is 0 Å². The minimum absolute atomic E-state index is 0.325. The first-order valence-electron chi connectivity index (χ1n) is 8.01. The molecule has 1 aromatic carbocycles. The van der Waals surface area contributed by atoms with Crippen LogP contribution in [0.1, 0.15) is 18.4 Å². The summed E-state index contributed by atoms with van der Waals surface area (Å²) >= 11 is 6.09. The second kappa shape index (κ2) is 6.97. The van der Waals surface area contributed by atoms with Crippen molar-refractivity contribution in [1.82, 2.24) is 10.2 Å². The van der Waals surface area contributed by atoms with Gasteiger partial charge in [0.2, 0.25) is 0 Å². The maximum atomic E-state index is 6.09. The van der Waals surface area contributed by atoms with Crippen LogP contribution in [-0.4, -0.2) is 51.3 Å². The summed E-state index contributed by atoms with van der Waals surface area (Å²) in [6.07, 6.45) is 2.33. The van der Waals surface area contributed by atoms with Gasteiger partial charge in [-0.1, -0.05) is 11.6 Å². The zero-order valence-corrected chi connectivity index (χ0v) is 14.5. The van der Waals surface area contributed by atoms with Crippen molar-refractivity contribution in [2.45, 2.75) is 19.4 Å². The van der Waals surface area contributed by atoms with Crippen LogP contribution in [0.15, 0.2) is 23.2 Å². The van der Waals surface area contributed by atoms with Gasteiger partial charge in [-0.15, -0.1) is 0 Å². The van der Waals surface area contributed by atoms with Gasteiger partial charge in [-0.05, 0) is 31.0 Å². The predicted molar refractivity (Wildman–Crippen MR) is 92.3 cm³/mol. The molecule has 0 bridgehead atoms. The minimum atomic E-state index is 0.325. The minimum Gasteiger partial charge on any atom is -0.496 e. The molecular weight excluding hydrogens is 314 g/mol. The molecule has 2 heterocycles. The highest BCUT2D eigenvalue weighted by Gasteiger charge is 2.42. The van der Waals surface area contributed by atoms with Crippen LogP contribution in [0.2, 0.25) is 5.02 Å². The zero-order valence-electron chi connectivity index (χ0n) is 13.8. The average Bonchev–Trinajstić information content (AvgIpc) is 3.19. The summed E-state index contributed by atoms with van der Waals surface area (Å²) in [4.78, 5) is 6.76. The fraction of sp³-hybridized carbons (Fsp3) is 0.588. The highest BCUT2D eigenvalue weighted by molar-refractivity contribution is 6.30. The summed E-state index contributed by atoms with van der Waals surface area (Å²) in [5, 5.41) is 4.14. The molecule has 2 fully saturated rings. The van der Waals surface area contributed by atoms with Crippen LogP contribution >= 0.6 is 11.6 Å². The van der Waals surface area contributed by atoms with Gasteiger partial charge in [0.25, 0.3) is 0 Å². The highest BCUT2D eigenvalue weighted by atomic mass is 35.5. The maximum Gasteiger partial charge on any atom is 0.193 e. The quantitative estimate of drug-likeness (QED) is 0.680. The van der Waals surface area contributed by atoms with Gasteiger partial charge in [0.15, 0.2) is 5.96 Å². The number of nitrogens with one attached hydrogen (secondary N) is 1. The number of aliphatic imine (C=N–C) groups is 1. The van der Waals surface area contributed by atoms with Crippen LogP contribution in [0.4, 0.5) is 0 Å². The van der Waals surface area contributed by atoms with E-state index in [0.29, 0.717) is 17.0 Å². The lowest BCUT2D eigenvalue weighted by molar-refractivity contribution is 0.156. The third-order valence-corrected chi connectivity index (χ3v) is 5.05. The maximum absolute atomic E-state index is 6.09. The monoisotopic (exact) mass is 337 g/mol. The van der Waals surface area contributed by atoms with Crippen LogP contribution in [0.3, 0.4) is 0 Å². The Balaban J connectivity index is 1.64. The van der Waals surface area contributed by atoms with Crippen molar-refractivity contribution in [1.29, 1.82) is 0 Å². The van der Waals surface area contributed by atoms with E-state index >= 15 is 0 Å². The molecule has 23 heavy (non-hydrogen) atoms. The summed E-state index contributed by atoms with van der Waals surface area (Å²) < 4.78 is 11.0. The number of rotatable bonds is 3. The number of methoxy groups -OCH3 is 1. The van der Waals surface area contributed by atoms with Gasteiger partial charge < -0.3 is 19.7 Å². The molecule has 2 saturated heterocycles. The first-order valence-corrected chi connectivity index (χ1v) is 8.39. The number of benzene rings is 1. The Bertz CT molecular complexity index is 585. The van der Waals surface area contributed by atoms with Gasteiger partial charge in [0.1, 0.15) is 5.75 Å². The number of halogens is 1. The number of ether oxygens (including phenoxy) is 2. The predicted octanol–water partition coefficient (Wildman–Crippen LogP) is 2.54. The van der Waals surface area contributed by atoms with Crippen molar-refractivity contribution in [3.8, 4) is 5.75 Å². The molecule has 0 aliphatic carbocycles. The van der Waals surface area contributed by atoms with Crippen molar-refractivity contribution in [2.75, 3.05) is 40.5 Å². The van der Waals surface area contributed by atoms with Crippen molar-refractivity contribution in [2.24, 2.45) is 10.4 Å². The number of guanidine groups is 1. The van der Waals surface area contributed by atoms with Crippen LogP contribution in [0, 0.1) is 5.41 Å². The number of likely N-dealkylation sites (tertiary alicyclic amines) is 1. The summed E-state index contributed by atoms with van der Waals surface area (Å²) in [5.41, 5.74) is 1.35. The molecule has 5 nitrogen and oxygen atoms in total. The largest absolute Gasteiger partial charge is 0.496 e. The van der Waals surface area contributed by atoms with E-state index in [4.69, 9.17) is 21.1 Å². The first-order chi connectivity index (χ1) is 11.2. The standard InChI is InChI=1S/C17H24ClN3O2/c1-19-16(21-7-5-17(11-21)6-8-23-12-17)20-10-13-9-14(18)3-4-15(13)22-2/h3-4,9H,5-8,10-12H2,1-2H3,(H,19,20). The van der Waals surface area contributed by atoms with Crippen LogP contribution in [-0.2, 0) is 11.3 Å². The number of nitrogens with zero attached hydrogens (tertiary/aromatic N) is 2. The molecule has 1 aromatic rings. The molecule has 3 rings (SSSR count). The summed E-state index contributed by atoms with van der Waals surface area (Å²) in [6.45, 7) is 4.44. The topological polar surface area (TPSA) is 46.1 Å². The summed E-state index contributed by atoms with van der Waals surface area (Å²) in [7, 11) is 3.50. The number of hydrogen-bond acceptors (Lipinski definition) is 3.